The van der Waals surface area contributed by atoms with Crippen LogP contribution in [0.1, 0.15) is 0 Å². The second-order valence-electron chi connectivity index (χ2n) is 23.2. The van der Waals surface area contributed by atoms with E-state index in [9.17, 15) is 0 Å². The molecule has 0 atom stereocenters. The van der Waals surface area contributed by atoms with Crippen molar-refractivity contribution in [1.29, 1.82) is 0 Å². The first-order valence-electron chi connectivity index (χ1n) is 29.7. The van der Waals surface area contributed by atoms with Gasteiger partial charge in [-0.3, -0.25) is 0 Å². The molecule has 0 aliphatic rings. The molecular formula is C84H48S2. The molecule has 0 nitrogen and oxygen atoms in total. The van der Waals surface area contributed by atoms with E-state index < -0.39 is 0 Å². The average molecular weight is 1120 g/mol. The van der Waals surface area contributed by atoms with Gasteiger partial charge >= 0.3 is 0 Å². The summed E-state index contributed by atoms with van der Waals surface area (Å²) in [6.45, 7) is 0. The Hall–Kier alpha value is -10.5. The molecule has 0 spiro atoms. The van der Waals surface area contributed by atoms with Crippen LogP contribution in [0.25, 0.3) is 193 Å². The minimum Gasteiger partial charge on any atom is -0.134 e. The molecule has 0 saturated heterocycles. The Labute approximate surface area is 503 Å². The molecule has 86 heavy (non-hydrogen) atoms. The first-order chi connectivity index (χ1) is 42.7. The first-order valence-corrected chi connectivity index (χ1v) is 31.4. The molecule has 0 aliphatic carbocycles. The van der Waals surface area contributed by atoms with Gasteiger partial charge in [-0.05, 0) is 154 Å². The Morgan fingerprint density at radius 1 is 0.174 bits per heavy atom. The fourth-order valence-corrected chi connectivity index (χ4v) is 17.8. The average Bonchev–Trinajstić information content (AvgIpc) is 1.57. The summed E-state index contributed by atoms with van der Waals surface area (Å²) in [4.78, 5) is 0. The van der Waals surface area contributed by atoms with Crippen LogP contribution in [0, 0.1) is 0 Å². The van der Waals surface area contributed by atoms with Gasteiger partial charge in [-0.25, -0.2) is 0 Å². The molecule has 19 rings (SSSR count). The second-order valence-corrected chi connectivity index (χ2v) is 25.3. The Balaban J connectivity index is 0.751. The third-order valence-corrected chi connectivity index (χ3v) is 21.2. The molecule has 0 fully saturated rings. The molecule has 0 N–H and O–H groups in total. The van der Waals surface area contributed by atoms with Gasteiger partial charge in [0.05, 0.1) is 0 Å². The van der Waals surface area contributed by atoms with Crippen molar-refractivity contribution in [1.82, 2.24) is 0 Å². The zero-order valence-corrected chi connectivity index (χ0v) is 48.2. The van der Waals surface area contributed by atoms with E-state index in [1.165, 1.54) is 193 Å². The SMILES string of the molecule is c1ccc2c(-c3c4ccccc4c(-c4ccc5c(c4)sc4c6ccccc6c6c(-c7ccc(-c8c9ccccc9c(-c9ccc%10c(c9)sc9c%11ccccc%11c%11ccccc%11c%109)c9ccccc89)cc7)cccc6c54)c4ccccc34)cccc2c1. The summed E-state index contributed by atoms with van der Waals surface area (Å²) in [5, 5.41) is 28.4. The lowest BCUT2D eigenvalue weighted by Crippen LogP contribution is -1.91. The molecule has 2 heterocycles. The van der Waals surface area contributed by atoms with Crippen molar-refractivity contribution in [3.05, 3.63) is 291 Å². The van der Waals surface area contributed by atoms with E-state index in [4.69, 9.17) is 0 Å². The van der Waals surface area contributed by atoms with Crippen LogP contribution >= 0.6 is 22.7 Å². The normalized spacial score (nSPS) is 12.2. The van der Waals surface area contributed by atoms with Crippen molar-refractivity contribution >= 4 is 160 Å². The van der Waals surface area contributed by atoms with Gasteiger partial charge in [0.2, 0.25) is 0 Å². The molecule has 0 amide bonds. The minimum atomic E-state index is 1.21. The molecule has 19 aromatic rings. The molecule has 2 heteroatoms. The van der Waals surface area contributed by atoms with Crippen LogP contribution in [0.2, 0.25) is 0 Å². The summed E-state index contributed by atoms with van der Waals surface area (Å²) in [6.07, 6.45) is 0. The molecule has 0 saturated carbocycles. The molecule has 0 unspecified atom stereocenters. The van der Waals surface area contributed by atoms with Crippen molar-refractivity contribution in [2.75, 3.05) is 0 Å². The third-order valence-electron chi connectivity index (χ3n) is 18.8. The highest BCUT2D eigenvalue weighted by Crippen LogP contribution is 2.52. The topological polar surface area (TPSA) is 0 Å². The number of hydrogen-bond acceptors (Lipinski definition) is 2. The van der Waals surface area contributed by atoms with Crippen molar-refractivity contribution in [3.63, 3.8) is 0 Å². The maximum absolute atomic E-state index is 2.47. The van der Waals surface area contributed by atoms with Gasteiger partial charge in [-0.15, -0.1) is 22.7 Å². The lowest BCUT2D eigenvalue weighted by Gasteiger charge is -2.19. The molecule has 17 aromatic carbocycles. The lowest BCUT2D eigenvalue weighted by atomic mass is 9.84. The summed E-state index contributed by atoms with van der Waals surface area (Å²) >= 11 is 3.86. The monoisotopic (exact) mass is 1120 g/mol. The van der Waals surface area contributed by atoms with Gasteiger partial charge in [-0.1, -0.05) is 279 Å². The molecule has 396 valence electrons. The Kier molecular flexibility index (Phi) is 10.3. The number of benzene rings is 17. The van der Waals surface area contributed by atoms with Gasteiger partial charge in [0, 0.05) is 51.1 Å². The van der Waals surface area contributed by atoms with Crippen molar-refractivity contribution in [2.45, 2.75) is 0 Å². The predicted molar refractivity (Wildman–Crippen MR) is 377 cm³/mol. The number of rotatable bonds is 5. The fourth-order valence-electron chi connectivity index (χ4n) is 15.2. The maximum Gasteiger partial charge on any atom is 0.0440 e. The van der Waals surface area contributed by atoms with E-state index in [1.807, 2.05) is 22.7 Å². The molecule has 2 aromatic heterocycles. The fraction of sp³-hybridized carbons (Fsp3) is 0. The van der Waals surface area contributed by atoms with Gasteiger partial charge in [0.1, 0.15) is 0 Å². The number of hydrogen-bond donors (Lipinski definition) is 0. The summed E-state index contributed by atoms with van der Waals surface area (Å²) in [6, 6.07) is 110. The molecule has 0 aliphatic heterocycles. The van der Waals surface area contributed by atoms with Crippen LogP contribution in [0.15, 0.2) is 291 Å². The molecule has 0 radical (unpaired) electrons. The summed E-state index contributed by atoms with van der Waals surface area (Å²) in [5.74, 6) is 0. The van der Waals surface area contributed by atoms with E-state index in [2.05, 4.69) is 291 Å². The smallest absolute Gasteiger partial charge is 0.0440 e. The van der Waals surface area contributed by atoms with Gasteiger partial charge in [0.25, 0.3) is 0 Å². The standard InChI is InChI=1S/C84H48S2/c1-2-21-54-49(19-1)20-17-37-58(54)80-66-31-12-10-29-64(66)78(65-30-11-13-32-67(65)80)53-44-46-72-75(48-53)86-84-70-35-16-14-33-68(70)79-55(36-18-38-73(79)82(72)84)50-39-41-51(42-40-50)76-60-25-6-8-27-62(60)77(63-28-9-7-26-61(63)76)52-43-45-71-74(47-52)85-83-69-34-15-4-23-57(69)56-22-3-5-24-59(56)81(71)83/h1-48H. The second kappa shape index (κ2) is 18.5. The summed E-state index contributed by atoms with van der Waals surface area (Å²) in [7, 11) is 0. The summed E-state index contributed by atoms with van der Waals surface area (Å²) in [5.41, 5.74) is 12.5. The largest absolute Gasteiger partial charge is 0.134 e. The van der Waals surface area contributed by atoms with Crippen LogP contribution in [0.4, 0.5) is 0 Å². The quantitative estimate of drug-likeness (QED) is 0.119. The van der Waals surface area contributed by atoms with Crippen LogP contribution in [0.5, 0.6) is 0 Å². The highest BCUT2D eigenvalue weighted by atomic mass is 32.1. The first kappa shape index (κ1) is 48.0. The van der Waals surface area contributed by atoms with Crippen molar-refractivity contribution < 1.29 is 0 Å². The van der Waals surface area contributed by atoms with E-state index in [0.717, 1.165) is 0 Å². The third kappa shape index (κ3) is 6.85. The Morgan fingerprint density at radius 2 is 0.500 bits per heavy atom. The maximum atomic E-state index is 2.47. The van der Waals surface area contributed by atoms with Gasteiger partial charge in [-0.2, -0.15) is 0 Å². The zero-order chi connectivity index (χ0) is 56.1. The Bertz CT molecular complexity index is 6010. The number of thiophene rings is 2. The Morgan fingerprint density at radius 3 is 1.02 bits per heavy atom. The zero-order valence-electron chi connectivity index (χ0n) is 46.5. The van der Waals surface area contributed by atoms with E-state index in [1.54, 1.807) is 0 Å². The lowest BCUT2D eigenvalue weighted by molar-refractivity contribution is 1.64. The molecular weight excluding hydrogens is 1070 g/mol. The van der Waals surface area contributed by atoms with Gasteiger partial charge in [0.15, 0.2) is 0 Å². The van der Waals surface area contributed by atoms with Crippen LogP contribution in [-0.4, -0.2) is 0 Å². The van der Waals surface area contributed by atoms with E-state index in [-0.39, 0.29) is 0 Å². The van der Waals surface area contributed by atoms with Crippen LogP contribution in [-0.2, 0) is 0 Å². The highest BCUT2D eigenvalue weighted by Gasteiger charge is 2.23. The van der Waals surface area contributed by atoms with Crippen LogP contribution in [0.3, 0.4) is 0 Å². The molecule has 0 bridgehead atoms. The van der Waals surface area contributed by atoms with E-state index >= 15 is 0 Å². The van der Waals surface area contributed by atoms with Gasteiger partial charge < -0.3 is 0 Å². The van der Waals surface area contributed by atoms with E-state index in [0.29, 0.717) is 0 Å². The minimum absolute atomic E-state index is 1.21. The number of fused-ring (bicyclic) bond motifs is 21. The van der Waals surface area contributed by atoms with Crippen molar-refractivity contribution in [2.24, 2.45) is 0 Å². The van der Waals surface area contributed by atoms with Crippen LogP contribution < -0.4 is 0 Å². The van der Waals surface area contributed by atoms with Crippen molar-refractivity contribution in [3.8, 4) is 55.6 Å². The predicted octanol–water partition coefficient (Wildman–Crippen LogP) is 25.1. The summed E-state index contributed by atoms with van der Waals surface area (Å²) < 4.78 is 5.30. The highest BCUT2D eigenvalue weighted by molar-refractivity contribution is 7.27.